The molecule has 2 aromatic rings. The van der Waals surface area contributed by atoms with Crippen molar-refractivity contribution in [2.24, 2.45) is 0 Å². The van der Waals surface area contributed by atoms with Crippen molar-refractivity contribution in [3.05, 3.63) is 24.3 Å². The van der Waals surface area contributed by atoms with Gasteiger partial charge in [0.05, 0.1) is 18.4 Å². The minimum atomic E-state index is 0.200. The molecular weight excluding hydrogens is 360 g/mol. The summed E-state index contributed by atoms with van der Waals surface area (Å²) < 4.78 is 7.50. The molecule has 0 spiro atoms. The maximum Gasteiger partial charge on any atom is 0.233 e. The van der Waals surface area contributed by atoms with Gasteiger partial charge in [-0.3, -0.25) is 4.79 Å². The van der Waals surface area contributed by atoms with E-state index < -0.39 is 0 Å². The number of benzene rings is 1. The molecule has 7 heteroatoms. The summed E-state index contributed by atoms with van der Waals surface area (Å²) in [5.41, 5.74) is 0.913. The SMILES string of the molecule is CCn1c(SCC(=O)N2CCCCCCC2)nnc1-c1ccccc1OC. The first-order valence-electron chi connectivity index (χ1n) is 9.71. The molecular formula is C20H28N4O2S. The van der Waals surface area contributed by atoms with Gasteiger partial charge in [-0.1, -0.05) is 43.2 Å². The van der Waals surface area contributed by atoms with Crippen molar-refractivity contribution < 1.29 is 9.53 Å². The topological polar surface area (TPSA) is 60.2 Å². The molecule has 3 rings (SSSR count). The Hall–Kier alpha value is -2.02. The first-order chi connectivity index (χ1) is 13.2. The molecule has 2 heterocycles. The van der Waals surface area contributed by atoms with Gasteiger partial charge in [-0.25, -0.2) is 0 Å². The van der Waals surface area contributed by atoms with Crippen LogP contribution in [0.5, 0.6) is 5.75 Å². The van der Waals surface area contributed by atoms with Crippen molar-refractivity contribution in [1.29, 1.82) is 0 Å². The van der Waals surface area contributed by atoms with Crippen molar-refractivity contribution in [3.63, 3.8) is 0 Å². The first-order valence-corrected chi connectivity index (χ1v) is 10.7. The van der Waals surface area contributed by atoms with Crippen LogP contribution >= 0.6 is 11.8 Å². The largest absolute Gasteiger partial charge is 0.496 e. The number of amides is 1. The number of para-hydroxylation sites is 1. The molecule has 146 valence electrons. The van der Waals surface area contributed by atoms with Crippen LogP contribution in [0.25, 0.3) is 11.4 Å². The van der Waals surface area contributed by atoms with Crippen LogP contribution in [0, 0.1) is 0 Å². The lowest BCUT2D eigenvalue weighted by molar-refractivity contribution is -0.128. The van der Waals surface area contributed by atoms with E-state index in [0.29, 0.717) is 5.75 Å². The molecule has 0 N–H and O–H groups in total. The lowest BCUT2D eigenvalue weighted by Crippen LogP contribution is -2.35. The van der Waals surface area contributed by atoms with Gasteiger partial charge in [0.25, 0.3) is 0 Å². The van der Waals surface area contributed by atoms with E-state index in [-0.39, 0.29) is 5.91 Å². The van der Waals surface area contributed by atoms with Crippen LogP contribution < -0.4 is 4.74 Å². The van der Waals surface area contributed by atoms with Crippen LogP contribution in [0.3, 0.4) is 0 Å². The Bertz CT molecular complexity index is 754. The summed E-state index contributed by atoms with van der Waals surface area (Å²) in [6.07, 6.45) is 5.97. The third-order valence-corrected chi connectivity index (χ3v) is 5.87. The smallest absolute Gasteiger partial charge is 0.233 e. The molecule has 6 nitrogen and oxygen atoms in total. The molecule has 0 radical (unpaired) electrons. The quantitative estimate of drug-likeness (QED) is 0.703. The van der Waals surface area contributed by atoms with E-state index in [1.807, 2.05) is 33.7 Å². The highest BCUT2D eigenvalue weighted by atomic mass is 32.2. The highest BCUT2D eigenvalue weighted by molar-refractivity contribution is 7.99. The van der Waals surface area contributed by atoms with Crippen molar-refractivity contribution in [2.75, 3.05) is 26.0 Å². The summed E-state index contributed by atoms with van der Waals surface area (Å²) in [7, 11) is 1.66. The number of nitrogens with zero attached hydrogens (tertiary/aromatic N) is 4. The van der Waals surface area contributed by atoms with Crippen LogP contribution in [-0.2, 0) is 11.3 Å². The maximum absolute atomic E-state index is 12.6. The fourth-order valence-corrected chi connectivity index (χ4v) is 4.33. The van der Waals surface area contributed by atoms with Gasteiger partial charge in [0.15, 0.2) is 11.0 Å². The fraction of sp³-hybridized carbons (Fsp3) is 0.550. The number of methoxy groups -OCH3 is 1. The Labute approximate surface area is 165 Å². The summed E-state index contributed by atoms with van der Waals surface area (Å²) in [5, 5.41) is 9.49. The Kier molecular flexibility index (Phi) is 7.15. The van der Waals surface area contributed by atoms with E-state index in [2.05, 4.69) is 17.1 Å². The first kappa shape index (κ1) is 19.7. The van der Waals surface area contributed by atoms with Crippen molar-refractivity contribution in [2.45, 2.75) is 50.7 Å². The highest BCUT2D eigenvalue weighted by Crippen LogP contribution is 2.30. The van der Waals surface area contributed by atoms with Gasteiger partial charge < -0.3 is 14.2 Å². The molecule has 1 aliphatic rings. The Balaban J connectivity index is 1.70. The zero-order chi connectivity index (χ0) is 19.1. The van der Waals surface area contributed by atoms with E-state index in [4.69, 9.17) is 4.74 Å². The van der Waals surface area contributed by atoms with Crippen molar-refractivity contribution in [1.82, 2.24) is 19.7 Å². The predicted octanol–water partition coefficient (Wildman–Crippen LogP) is 3.86. The van der Waals surface area contributed by atoms with Gasteiger partial charge in [-0.2, -0.15) is 0 Å². The Morgan fingerprint density at radius 1 is 1.11 bits per heavy atom. The number of aromatic nitrogens is 3. The molecule has 0 unspecified atom stereocenters. The van der Waals surface area contributed by atoms with Crippen LogP contribution in [0.1, 0.15) is 39.0 Å². The molecule has 0 atom stereocenters. The molecule has 0 saturated carbocycles. The number of carbonyl (C=O) groups excluding carboxylic acids is 1. The van der Waals surface area contributed by atoms with E-state index in [0.717, 1.165) is 54.8 Å². The molecule has 0 bridgehead atoms. The molecule has 1 saturated heterocycles. The van der Waals surface area contributed by atoms with Crippen LogP contribution in [-0.4, -0.2) is 51.5 Å². The van der Waals surface area contributed by atoms with Gasteiger partial charge in [0.1, 0.15) is 5.75 Å². The van der Waals surface area contributed by atoms with Crippen LogP contribution in [0.2, 0.25) is 0 Å². The lowest BCUT2D eigenvalue weighted by Gasteiger charge is -2.24. The molecule has 1 aliphatic heterocycles. The summed E-state index contributed by atoms with van der Waals surface area (Å²) >= 11 is 1.47. The number of hydrogen-bond acceptors (Lipinski definition) is 5. The number of likely N-dealkylation sites (tertiary alicyclic amines) is 1. The molecule has 0 aliphatic carbocycles. The van der Waals surface area contributed by atoms with Gasteiger partial charge in [-0.15, -0.1) is 10.2 Å². The summed E-state index contributed by atoms with van der Waals surface area (Å²) in [6, 6.07) is 7.80. The second-order valence-corrected chi connectivity index (χ2v) is 7.63. The van der Waals surface area contributed by atoms with Crippen LogP contribution in [0.4, 0.5) is 0 Å². The van der Waals surface area contributed by atoms with Crippen molar-refractivity contribution in [3.8, 4) is 17.1 Å². The van der Waals surface area contributed by atoms with Gasteiger partial charge in [0.2, 0.25) is 5.91 Å². The number of ether oxygens (including phenoxy) is 1. The van der Waals surface area contributed by atoms with Gasteiger partial charge >= 0.3 is 0 Å². The summed E-state index contributed by atoms with van der Waals surface area (Å²) in [4.78, 5) is 14.7. The Morgan fingerprint density at radius 2 is 1.81 bits per heavy atom. The second-order valence-electron chi connectivity index (χ2n) is 6.69. The summed E-state index contributed by atoms with van der Waals surface area (Å²) in [6.45, 7) is 4.56. The van der Waals surface area contributed by atoms with E-state index in [9.17, 15) is 4.79 Å². The molecule has 1 aromatic heterocycles. The Morgan fingerprint density at radius 3 is 2.52 bits per heavy atom. The zero-order valence-electron chi connectivity index (χ0n) is 16.2. The number of rotatable bonds is 6. The van der Waals surface area contributed by atoms with E-state index >= 15 is 0 Å². The van der Waals surface area contributed by atoms with Crippen molar-refractivity contribution >= 4 is 17.7 Å². The second kappa shape index (κ2) is 9.78. The average molecular weight is 389 g/mol. The number of carbonyl (C=O) groups is 1. The van der Waals surface area contributed by atoms with E-state index in [1.54, 1.807) is 7.11 Å². The van der Waals surface area contributed by atoms with Gasteiger partial charge in [0, 0.05) is 19.6 Å². The number of hydrogen-bond donors (Lipinski definition) is 0. The fourth-order valence-electron chi connectivity index (χ4n) is 3.42. The minimum absolute atomic E-state index is 0.200. The molecule has 1 fully saturated rings. The standard InChI is InChI=1S/C20H28N4O2S/c1-3-24-19(16-11-7-8-12-17(16)26-2)21-22-20(24)27-15-18(25)23-13-9-5-4-6-10-14-23/h7-8,11-12H,3-6,9-10,13-15H2,1-2H3. The lowest BCUT2D eigenvalue weighted by atomic mass is 10.1. The predicted molar refractivity (Wildman–Crippen MR) is 108 cm³/mol. The maximum atomic E-state index is 12.6. The van der Waals surface area contributed by atoms with Crippen LogP contribution in [0.15, 0.2) is 29.4 Å². The van der Waals surface area contributed by atoms with Gasteiger partial charge in [-0.05, 0) is 31.9 Å². The normalized spacial score (nSPS) is 15.3. The highest BCUT2D eigenvalue weighted by Gasteiger charge is 2.19. The molecule has 1 amide bonds. The van der Waals surface area contributed by atoms with E-state index in [1.165, 1.54) is 31.0 Å². The minimum Gasteiger partial charge on any atom is -0.496 e. The summed E-state index contributed by atoms with van der Waals surface area (Å²) in [5.74, 6) is 2.15. The monoisotopic (exact) mass is 388 g/mol. The molecule has 1 aromatic carbocycles. The average Bonchev–Trinajstić information content (AvgIpc) is 3.08. The zero-order valence-corrected chi connectivity index (χ0v) is 17.0. The third-order valence-electron chi connectivity index (χ3n) is 4.91. The third kappa shape index (κ3) is 4.83. The number of thioether (sulfide) groups is 1. The molecule has 27 heavy (non-hydrogen) atoms.